The smallest absolute Gasteiger partial charge is 0.151 e. The molecule has 0 aliphatic carbocycles. The molecule has 0 bridgehead atoms. The van der Waals surface area contributed by atoms with Gasteiger partial charge in [-0.15, -0.1) is 0 Å². The molecule has 2 aromatic rings. The van der Waals surface area contributed by atoms with Crippen LogP contribution in [-0.4, -0.2) is 61.5 Å². The fourth-order valence-electron chi connectivity index (χ4n) is 3.42. The molecule has 0 amide bonds. The molecule has 0 spiro atoms. The molecule has 2 aromatic carbocycles. The highest BCUT2D eigenvalue weighted by Gasteiger charge is 2.33. The first-order chi connectivity index (χ1) is 13.8. The first kappa shape index (κ1) is 21.4. The summed E-state index contributed by atoms with van der Waals surface area (Å²) in [6.07, 6.45) is 0.353. The van der Waals surface area contributed by atoms with E-state index >= 15 is 0 Å². The normalized spacial score (nSPS) is 19.2. The number of nitrogens with zero attached hydrogens (tertiary/aromatic N) is 1. The molecule has 1 N–H and O–H groups in total. The molecular formula is C21H24FNO5S. The van der Waals surface area contributed by atoms with Crippen molar-refractivity contribution in [1.82, 2.24) is 4.90 Å². The molecule has 1 saturated heterocycles. The molecule has 29 heavy (non-hydrogen) atoms. The quantitative estimate of drug-likeness (QED) is 0.624. The summed E-state index contributed by atoms with van der Waals surface area (Å²) in [5.41, 5.74) is 1.31. The second kappa shape index (κ2) is 9.47. The van der Waals surface area contributed by atoms with E-state index in [0.717, 1.165) is 5.56 Å². The van der Waals surface area contributed by atoms with Gasteiger partial charge in [0.05, 0.1) is 11.5 Å². The number of carbonyl (C=O) groups excluding carboxylic acids is 1. The maximum Gasteiger partial charge on any atom is 0.151 e. The van der Waals surface area contributed by atoms with Crippen LogP contribution in [0.15, 0.2) is 48.5 Å². The number of benzene rings is 2. The third-order valence-corrected chi connectivity index (χ3v) is 6.66. The zero-order chi connectivity index (χ0) is 20.9. The van der Waals surface area contributed by atoms with E-state index in [1.807, 2.05) is 4.90 Å². The fraction of sp³-hybridized carbons (Fsp3) is 0.381. The minimum absolute atomic E-state index is 0.00168. The second-order valence-electron chi connectivity index (χ2n) is 7.27. The molecule has 2 unspecified atom stereocenters. The lowest BCUT2D eigenvalue weighted by Gasteiger charge is -2.30. The molecule has 0 saturated carbocycles. The van der Waals surface area contributed by atoms with Crippen molar-refractivity contribution in [2.75, 3.05) is 24.7 Å². The van der Waals surface area contributed by atoms with Gasteiger partial charge in [0.25, 0.3) is 0 Å². The number of rotatable bonds is 9. The zero-order valence-electron chi connectivity index (χ0n) is 15.9. The van der Waals surface area contributed by atoms with E-state index in [-0.39, 0.29) is 36.5 Å². The van der Waals surface area contributed by atoms with Crippen LogP contribution in [0.1, 0.15) is 22.3 Å². The summed E-state index contributed by atoms with van der Waals surface area (Å²) < 4.78 is 42.6. The van der Waals surface area contributed by atoms with E-state index in [0.29, 0.717) is 30.6 Å². The number of aldehydes is 1. The Morgan fingerprint density at radius 1 is 1.24 bits per heavy atom. The topological polar surface area (TPSA) is 83.9 Å². The van der Waals surface area contributed by atoms with E-state index in [2.05, 4.69) is 0 Å². The Labute approximate surface area is 169 Å². The summed E-state index contributed by atoms with van der Waals surface area (Å²) in [5, 5.41) is 10.5. The van der Waals surface area contributed by atoms with Gasteiger partial charge in [-0.2, -0.15) is 0 Å². The van der Waals surface area contributed by atoms with Crippen molar-refractivity contribution in [2.24, 2.45) is 0 Å². The van der Waals surface area contributed by atoms with Crippen LogP contribution in [0.4, 0.5) is 4.39 Å². The van der Waals surface area contributed by atoms with Crippen molar-refractivity contribution in [3.63, 3.8) is 0 Å². The van der Waals surface area contributed by atoms with Crippen LogP contribution in [0.5, 0.6) is 5.75 Å². The highest BCUT2D eigenvalue weighted by atomic mass is 32.2. The van der Waals surface area contributed by atoms with E-state index in [9.17, 15) is 22.7 Å². The van der Waals surface area contributed by atoms with Gasteiger partial charge in [0, 0.05) is 24.7 Å². The number of ether oxygens (including phenoxy) is 1. The maximum absolute atomic E-state index is 13.2. The van der Waals surface area contributed by atoms with Crippen molar-refractivity contribution < 1.29 is 27.4 Å². The van der Waals surface area contributed by atoms with Gasteiger partial charge in [-0.05, 0) is 36.2 Å². The van der Waals surface area contributed by atoms with Crippen LogP contribution in [0.25, 0.3) is 0 Å². The Hall–Kier alpha value is -2.29. The van der Waals surface area contributed by atoms with Crippen molar-refractivity contribution in [2.45, 2.75) is 25.1 Å². The van der Waals surface area contributed by atoms with Gasteiger partial charge < -0.3 is 9.84 Å². The molecule has 156 valence electrons. The van der Waals surface area contributed by atoms with Crippen molar-refractivity contribution in [3.8, 4) is 5.75 Å². The predicted molar refractivity (Wildman–Crippen MR) is 107 cm³/mol. The second-order valence-corrected chi connectivity index (χ2v) is 9.50. The molecule has 3 rings (SSSR count). The van der Waals surface area contributed by atoms with Crippen LogP contribution >= 0.6 is 0 Å². The van der Waals surface area contributed by atoms with E-state index in [1.54, 1.807) is 36.4 Å². The number of hydrogen-bond acceptors (Lipinski definition) is 6. The lowest BCUT2D eigenvalue weighted by Crippen LogP contribution is -2.42. The first-order valence-electron chi connectivity index (χ1n) is 9.39. The molecule has 1 heterocycles. The van der Waals surface area contributed by atoms with Gasteiger partial charge in [-0.25, -0.2) is 12.8 Å². The molecule has 1 aliphatic rings. The van der Waals surface area contributed by atoms with Gasteiger partial charge in [-0.1, -0.05) is 24.3 Å². The lowest BCUT2D eigenvalue weighted by atomic mass is 10.1. The Morgan fingerprint density at radius 2 is 2.00 bits per heavy atom. The number of hydrogen-bond donors (Lipinski definition) is 1. The molecule has 1 aliphatic heterocycles. The van der Waals surface area contributed by atoms with Crippen LogP contribution in [0, 0.1) is 5.82 Å². The van der Waals surface area contributed by atoms with Gasteiger partial charge in [-0.3, -0.25) is 9.69 Å². The van der Waals surface area contributed by atoms with Crippen LogP contribution in [0.2, 0.25) is 0 Å². The van der Waals surface area contributed by atoms with Gasteiger partial charge >= 0.3 is 0 Å². The average molecular weight is 421 g/mol. The number of aliphatic hydroxyl groups is 1. The highest BCUT2D eigenvalue weighted by molar-refractivity contribution is 7.91. The molecular weight excluding hydrogens is 397 g/mol. The van der Waals surface area contributed by atoms with Crippen LogP contribution < -0.4 is 4.74 Å². The van der Waals surface area contributed by atoms with E-state index < -0.39 is 15.9 Å². The number of halogens is 1. The fourth-order valence-corrected chi connectivity index (χ4v) is 5.19. The van der Waals surface area contributed by atoms with Crippen molar-refractivity contribution in [1.29, 1.82) is 0 Å². The lowest BCUT2D eigenvalue weighted by molar-refractivity contribution is 0.0524. The minimum Gasteiger partial charge on any atom is -0.491 e. The summed E-state index contributed by atoms with van der Waals surface area (Å²) in [5.74, 6) is 0.308. The molecule has 2 atom stereocenters. The number of sulfone groups is 1. The van der Waals surface area contributed by atoms with Crippen molar-refractivity contribution >= 4 is 16.1 Å². The Kier molecular flexibility index (Phi) is 7.00. The summed E-state index contributed by atoms with van der Waals surface area (Å²) in [6.45, 7) is 0.616. The Morgan fingerprint density at radius 3 is 2.66 bits per heavy atom. The monoisotopic (exact) mass is 421 g/mol. The summed E-state index contributed by atoms with van der Waals surface area (Å²) >= 11 is 0. The summed E-state index contributed by atoms with van der Waals surface area (Å²) in [4.78, 5) is 12.8. The van der Waals surface area contributed by atoms with E-state index in [1.165, 1.54) is 12.1 Å². The van der Waals surface area contributed by atoms with E-state index in [4.69, 9.17) is 4.74 Å². The third-order valence-electron chi connectivity index (χ3n) is 4.91. The Bertz CT molecular complexity index is 932. The standard InChI is InChI=1S/C21H24FNO5S/c22-18-6-4-16(5-7-18)11-23(19-8-9-29(26,27)15-19)12-20(25)14-28-21-3-1-2-17(10-21)13-24/h1-7,10,13,19-20,25H,8-9,11-12,14-15H2. The zero-order valence-corrected chi connectivity index (χ0v) is 16.7. The molecule has 6 nitrogen and oxygen atoms in total. The molecule has 1 fully saturated rings. The Balaban J connectivity index is 1.64. The number of carbonyl (C=O) groups is 1. The van der Waals surface area contributed by atoms with Gasteiger partial charge in [0.1, 0.15) is 30.6 Å². The SMILES string of the molecule is O=Cc1cccc(OCC(O)CN(Cc2ccc(F)cc2)C2CCS(=O)(=O)C2)c1. The van der Waals surface area contributed by atoms with Crippen LogP contribution in [-0.2, 0) is 16.4 Å². The summed E-state index contributed by atoms with van der Waals surface area (Å²) in [7, 11) is -3.09. The highest BCUT2D eigenvalue weighted by Crippen LogP contribution is 2.21. The predicted octanol–water partition coefficient (Wildman–Crippen LogP) is 2.07. The number of aliphatic hydroxyl groups excluding tert-OH is 1. The minimum atomic E-state index is -3.09. The van der Waals surface area contributed by atoms with Gasteiger partial charge in [0.15, 0.2) is 9.84 Å². The maximum atomic E-state index is 13.2. The third kappa shape index (κ3) is 6.35. The molecule has 0 aromatic heterocycles. The van der Waals surface area contributed by atoms with Crippen LogP contribution in [0.3, 0.4) is 0 Å². The van der Waals surface area contributed by atoms with Crippen molar-refractivity contribution in [3.05, 3.63) is 65.5 Å². The first-order valence-corrected chi connectivity index (χ1v) is 11.2. The molecule has 8 heteroatoms. The molecule has 0 radical (unpaired) electrons. The average Bonchev–Trinajstić information content (AvgIpc) is 3.07. The van der Waals surface area contributed by atoms with Gasteiger partial charge in [0.2, 0.25) is 0 Å². The summed E-state index contributed by atoms with van der Waals surface area (Å²) in [6, 6.07) is 12.4. The largest absolute Gasteiger partial charge is 0.491 e.